The van der Waals surface area contributed by atoms with Crippen molar-refractivity contribution in [3.05, 3.63) is 16.5 Å². The average molecular weight is 209 g/mol. The molecule has 0 bridgehead atoms. The molecule has 6 nitrogen and oxygen atoms in total. The first-order chi connectivity index (χ1) is 7.08. The number of anilines is 1. The molecule has 0 saturated heterocycles. The van der Waals surface area contributed by atoms with E-state index < -0.39 is 0 Å². The molecule has 80 valence electrons. The van der Waals surface area contributed by atoms with Crippen LogP contribution in [0.5, 0.6) is 5.88 Å². The monoisotopic (exact) mass is 209 g/mol. The van der Waals surface area contributed by atoms with Gasteiger partial charge in [0.1, 0.15) is 0 Å². The lowest BCUT2D eigenvalue weighted by Crippen LogP contribution is -2.07. The van der Waals surface area contributed by atoms with Gasteiger partial charge in [0.25, 0.3) is 0 Å². The molecule has 1 aromatic heterocycles. The number of amides is 1. The molecular formula is C9H11N3O3. The van der Waals surface area contributed by atoms with Crippen LogP contribution in [0.4, 0.5) is 11.5 Å². The number of aryl methyl sites for hydroxylation is 1. The van der Waals surface area contributed by atoms with Crippen LogP contribution in [0.3, 0.4) is 0 Å². The SMILES string of the molecule is COc1nc(N=O)c(NC(C)=O)cc1C. The molecule has 1 rings (SSSR count). The van der Waals surface area contributed by atoms with Gasteiger partial charge in [0.15, 0.2) is 0 Å². The molecule has 0 spiro atoms. The van der Waals surface area contributed by atoms with Gasteiger partial charge in [0.05, 0.1) is 12.8 Å². The maximum Gasteiger partial charge on any atom is 0.223 e. The van der Waals surface area contributed by atoms with E-state index in [0.29, 0.717) is 11.4 Å². The lowest BCUT2D eigenvalue weighted by atomic mass is 10.2. The van der Waals surface area contributed by atoms with E-state index in [1.807, 2.05) is 0 Å². The highest BCUT2D eigenvalue weighted by Crippen LogP contribution is 2.28. The molecule has 0 aliphatic heterocycles. The molecule has 15 heavy (non-hydrogen) atoms. The minimum atomic E-state index is -0.286. The Labute approximate surface area is 86.6 Å². The maximum absolute atomic E-state index is 10.8. The molecule has 1 amide bonds. The topological polar surface area (TPSA) is 80.7 Å². The van der Waals surface area contributed by atoms with E-state index in [-0.39, 0.29) is 17.4 Å². The Bertz CT molecular complexity index is 404. The molecule has 0 aliphatic carbocycles. The van der Waals surface area contributed by atoms with Crippen LogP contribution in [0.15, 0.2) is 11.2 Å². The van der Waals surface area contributed by atoms with Crippen LogP contribution in [-0.2, 0) is 4.79 Å². The molecule has 6 heteroatoms. The molecule has 0 aliphatic rings. The summed E-state index contributed by atoms with van der Waals surface area (Å²) in [4.78, 5) is 25.1. The first-order valence-corrected chi connectivity index (χ1v) is 4.25. The highest BCUT2D eigenvalue weighted by atomic mass is 16.5. The zero-order chi connectivity index (χ0) is 11.4. The smallest absolute Gasteiger partial charge is 0.223 e. The van der Waals surface area contributed by atoms with Gasteiger partial charge in [0, 0.05) is 12.5 Å². The van der Waals surface area contributed by atoms with Gasteiger partial charge >= 0.3 is 0 Å². The second-order valence-corrected chi connectivity index (χ2v) is 2.96. The lowest BCUT2D eigenvalue weighted by molar-refractivity contribution is -0.114. The Kier molecular flexibility index (Phi) is 3.33. The predicted octanol–water partition coefficient (Wildman–Crippen LogP) is 1.75. The minimum absolute atomic E-state index is 0.0901. The van der Waals surface area contributed by atoms with Crippen LogP contribution in [0.1, 0.15) is 12.5 Å². The normalized spacial score (nSPS) is 9.53. The summed E-state index contributed by atoms with van der Waals surface area (Å²) < 4.78 is 4.92. The Balaban J connectivity index is 3.20. The number of nitroso groups, excluding NO2 is 1. The summed E-state index contributed by atoms with van der Waals surface area (Å²) in [5, 5.41) is 5.18. The Hall–Kier alpha value is -1.98. The quantitative estimate of drug-likeness (QED) is 0.769. The van der Waals surface area contributed by atoms with Gasteiger partial charge in [-0.25, -0.2) is 0 Å². The van der Waals surface area contributed by atoms with Crippen molar-refractivity contribution in [1.29, 1.82) is 0 Å². The van der Waals surface area contributed by atoms with Crippen molar-refractivity contribution in [2.75, 3.05) is 12.4 Å². The van der Waals surface area contributed by atoms with Crippen LogP contribution in [0.2, 0.25) is 0 Å². The molecule has 0 unspecified atom stereocenters. The van der Waals surface area contributed by atoms with E-state index in [9.17, 15) is 9.70 Å². The van der Waals surface area contributed by atoms with E-state index in [4.69, 9.17) is 4.74 Å². The number of methoxy groups -OCH3 is 1. The van der Waals surface area contributed by atoms with Crippen molar-refractivity contribution in [1.82, 2.24) is 4.98 Å². The summed E-state index contributed by atoms with van der Waals surface area (Å²) in [6, 6.07) is 1.59. The summed E-state index contributed by atoms with van der Waals surface area (Å²) in [6.45, 7) is 3.10. The van der Waals surface area contributed by atoms with Gasteiger partial charge < -0.3 is 10.1 Å². The Morgan fingerprint density at radius 2 is 2.27 bits per heavy atom. The van der Waals surface area contributed by atoms with Gasteiger partial charge in [-0.05, 0) is 18.2 Å². The molecule has 1 N–H and O–H groups in total. The fourth-order valence-corrected chi connectivity index (χ4v) is 1.15. The number of aromatic nitrogens is 1. The summed E-state index contributed by atoms with van der Waals surface area (Å²) in [7, 11) is 1.45. The summed E-state index contributed by atoms with van der Waals surface area (Å²) in [6.07, 6.45) is 0. The minimum Gasteiger partial charge on any atom is -0.481 e. The lowest BCUT2D eigenvalue weighted by Gasteiger charge is -2.08. The number of hydrogen-bond donors (Lipinski definition) is 1. The Morgan fingerprint density at radius 3 is 2.73 bits per heavy atom. The summed E-state index contributed by atoms with van der Waals surface area (Å²) in [5.41, 5.74) is 1.00. The van der Waals surface area contributed by atoms with E-state index in [2.05, 4.69) is 15.5 Å². The van der Waals surface area contributed by atoms with Crippen molar-refractivity contribution in [2.24, 2.45) is 5.18 Å². The second-order valence-electron chi connectivity index (χ2n) is 2.96. The van der Waals surface area contributed by atoms with E-state index in [0.717, 1.165) is 0 Å². The third-order valence-electron chi connectivity index (χ3n) is 1.74. The van der Waals surface area contributed by atoms with Gasteiger partial charge in [-0.15, -0.1) is 4.91 Å². The number of hydrogen-bond acceptors (Lipinski definition) is 5. The van der Waals surface area contributed by atoms with E-state index >= 15 is 0 Å². The Morgan fingerprint density at radius 1 is 1.60 bits per heavy atom. The third-order valence-corrected chi connectivity index (χ3v) is 1.74. The maximum atomic E-state index is 10.8. The van der Waals surface area contributed by atoms with Crippen LogP contribution < -0.4 is 10.1 Å². The van der Waals surface area contributed by atoms with Crippen molar-refractivity contribution in [2.45, 2.75) is 13.8 Å². The van der Waals surface area contributed by atoms with Gasteiger partial charge in [0.2, 0.25) is 17.6 Å². The zero-order valence-electron chi connectivity index (χ0n) is 8.70. The zero-order valence-corrected chi connectivity index (χ0v) is 8.70. The van der Waals surface area contributed by atoms with Crippen molar-refractivity contribution in [3.8, 4) is 5.88 Å². The number of ether oxygens (including phenoxy) is 1. The number of pyridine rings is 1. The number of carbonyl (C=O) groups excluding carboxylic acids is 1. The molecule has 1 heterocycles. The summed E-state index contributed by atoms with van der Waals surface area (Å²) >= 11 is 0. The number of nitrogens with zero attached hydrogens (tertiary/aromatic N) is 2. The molecule has 0 saturated carbocycles. The molecule has 0 fully saturated rings. The van der Waals surface area contributed by atoms with Gasteiger partial charge in [-0.2, -0.15) is 4.98 Å². The molecular weight excluding hydrogens is 198 g/mol. The fraction of sp³-hybridized carbons (Fsp3) is 0.333. The van der Waals surface area contributed by atoms with Crippen LogP contribution in [0, 0.1) is 11.8 Å². The van der Waals surface area contributed by atoms with Crippen molar-refractivity contribution >= 4 is 17.4 Å². The predicted molar refractivity (Wildman–Crippen MR) is 55.3 cm³/mol. The standard InChI is InChI=1S/C9H11N3O3/c1-5-4-7(10-6(2)13)8(12-14)11-9(5)15-3/h4H,1-3H3,(H,10,13). The third kappa shape index (κ3) is 2.49. The summed E-state index contributed by atoms with van der Waals surface area (Å²) in [5.74, 6) is -0.0578. The first kappa shape index (κ1) is 11.1. The van der Waals surface area contributed by atoms with Gasteiger partial charge in [-0.1, -0.05) is 0 Å². The molecule has 0 aromatic carbocycles. The van der Waals surface area contributed by atoms with Crippen LogP contribution in [0.25, 0.3) is 0 Å². The van der Waals surface area contributed by atoms with Crippen molar-refractivity contribution < 1.29 is 9.53 Å². The van der Waals surface area contributed by atoms with Crippen molar-refractivity contribution in [3.63, 3.8) is 0 Å². The van der Waals surface area contributed by atoms with E-state index in [1.54, 1.807) is 13.0 Å². The number of rotatable bonds is 3. The number of nitrogens with one attached hydrogen (secondary N) is 1. The molecule has 0 radical (unpaired) electrons. The highest BCUT2D eigenvalue weighted by molar-refractivity contribution is 5.91. The average Bonchev–Trinajstić information content (AvgIpc) is 2.17. The fourth-order valence-electron chi connectivity index (χ4n) is 1.15. The first-order valence-electron chi connectivity index (χ1n) is 4.25. The van der Waals surface area contributed by atoms with Gasteiger partial charge in [-0.3, -0.25) is 4.79 Å². The van der Waals surface area contributed by atoms with E-state index in [1.165, 1.54) is 14.0 Å². The molecule has 0 atom stereocenters. The van der Waals surface area contributed by atoms with Crippen LogP contribution in [-0.4, -0.2) is 18.0 Å². The molecule has 1 aromatic rings. The van der Waals surface area contributed by atoms with Crippen LogP contribution >= 0.6 is 0 Å². The highest BCUT2D eigenvalue weighted by Gasteiger charge is 2.11. The largest absolute Gasteiger partial charge is 0.481 e. The second kappa shape index (κ2) is 4.50. The number of carbonyl (C=O) groups is 1.